The van der Waals surface area contributed by atoms with E-state index in [1.54, 1.807) is 10.8 Å². The van der Waals surface area contributed by atoms with Gasteiger partial charge in [-0.1, -0.05) is 6.58 Å². The summed E-state index contributed by atoms with van der Waals surface area (Å²) in [4.78, 5) is 23.2. The molecule has 2 saturated heterocycles. The zero-order chi connectivity index (χ0) is 26.5. The van der Waals surface area contributed by atoms with Gasteiger partial charge >= 0.3 is 0 Å². The number of aromatic nitrogens is 6. The summed E-state index contributed by atoms with van der Waals surface area (Å²) < 4.78 is 9.73. The van der Waals surface area contributed by atoms with Gasteiger partial charge in [0.25, 0.3) is 0 Å². The summed E-state index contributed by atoms with van der Waals surface area (Å²) in [5, 5.41) is 12.1. The van der Waals surface area contributed by atoms with Crippen LogP contribution < -0.4 is 10.1 Å². The number of carbonyl (C=O) groups excluding carboxylic acids is 1. The number of fused-ring (bicyclic) bond motifs is 5. The number of rotatable bonds is 6. The number of anilines is 2. The van der Waals surface area contributed by atoms with Crippen LogP contribution in [0.4, 0.5) is 11.5 Å². The minimum Gasteiger partial charge on any atom is -0.457 e. The molecule has 1 aliphatic carbocycles. The second-order valence-electron chi connectivity index (χ2n) is 10.3. The average molecular weight is 521 g/mol. The first-order valence-electron chi connectivity index (χ1n) is 13.2. The molecule has 196 valence electrons. The second-order valence-corrected chi connectivity index (χ2v) is 10.3. The maximum absolute atomic E-state index is 12.4. The summed E-state index contributed by atoms with van der Waals surface area (Å²) in [6.45, 7) is 6.48. The van der Waals surface area contributed by atoms with Crippen LogP contribution >= 0.6 is 0 Å². The molecule has 3 aliphatic rings. The lowest BCUT2D eigenvalue weighted by atomic mass is 9.69. The van der Waals surface area contributed by atoms with Gasteiger partial charge in [0.1, 0.15) is 29.7 Å². The number of ether oxygens (including phenoxy) is 1. The maximum atomic E-state index is 12.4. The van der Waals surface area contributed by atoms with Crippen LogP contribution in [0, 0.1) is 12.8 Å². The lowest BCUT2D eigenvalue weighted by molar-refractivity contribution is -0.133. The number of nitrogens with zero attached hydrogens (tertiary/aromatic N) is 7. The highest BCUT2D eigenvalue weighted by Crippen LogP contribution is 2.47. The van der Waals surface area contributed by atoms with Gasteiger partial charge in [-0.15, -0.1) is 0 Å². The molecule has 2 bridgehead atoms. The zero-order valence-electron chi connectivity index (χ0n) is 21.6. The van der Waals surface area contributed by atoms with Crippen LogP contribution in [0.3, 0.4) is 0 Å². The molecule has 6 heterocycles. The van der Waals surface area contributed by atoms with Gasteiger partial charge in [-0.05, 0) is 85.6 Å². The number of hydrogen-bond acceptors (Lipinski definition) is 7. The van der Waals surface area contributed by atoms with E-state index in [0.29, 0.717) is 17.6 Å². The smallest absolute Gasteiger partial charge is 0.246 e. The van der Waals surface area contributed by atoms with E-state index in [-0.39, 0.29) is 11.9 Å². The monoisotopic (exact) mass is 520 g/mol. The number of hydrogen-bond donors (Lipinski definition) is 1. The van der Waals surface area contributed by atoms with E-state index in [0.717, 1.165) is 59.8 Å². The lowest BCUT2D eigenvalue weighted by Crippen LogP contribution is -2.53. The topological polar surface area (TPSA) is 102 Å². The number of amides is 1. The fraction of sp³-hybridized carbons (Fsp3) is 0.276. The SMILES string of the molecule is C=CC(=O)N1CC2CC[C@@H]1C[C@@H]2c1ccn2ncnc(Nc3ccc(Oc4ccn5ncnc5c4)c(C)c3)c12. The summed E-state index contributed by atoms with van der Waals surface area (Å²) in [6.07, 6.45) is 11.5. The molecular weight excluding hydrogens is 492 g/mol. The third-order valence-corrected chi connectivity index (χ3v) is 8.10. The first-order valence-corrected chi connectivity index (χ1v) is 13.2. The molecule has 1 unspecified atom stereocenters. The molecule has 8 rings (SSSR count). The van der Waals surface area contributed by atoms with Crippen molar-refractivity contribution in [2.24, 2.45) is 5.92 Å². The van der Waals surface area contributed by atoms with Crippen molar-refractivity contribution < 1.29 is 9.53 Å². The van der Waals surface area contributed by atoms with E-state index in [9.17, 15) is 4.79 Å². The fourth-order valence-corrected chi connectivity index (χ4v) is 6.22. The third-order valence-electron chi connectivity index (χ3n) is 8.10. The van der Waals surface area contributed by atoms with Crippen molar-refractivity contribution in [3.63, 3.8) is 0 Å². The van der Waals surface area contributed by atoms with Crippen LogP contribution in [-0.4, -0.2) is 52.6 Å². The van der Waals surface area contributed by atoms with Gasteiger partial charge in [0, 0.05) is 36.7 Å². The molecule has 1 N–H and O–H groups in total. The lowest BCUT2D eigenvalue weighted by Gasteiger charge is -2.49. The summed E-state index contributed by atoms with van der Waals surface area (Å²) in [6, 6.07) is 12.1. The predicted molar refractivity (Wildman–Crippen MR) is 146 cm³/mol. The van der Waals surface area contributed by atoms with Gasteiger partial charge in [0.05, 0.1) is 0 Å². The van der Waals surface area contributed by atoms with Crippen LogP contribution in [0.25, 0.3) is 11.2 Å². The van der Waals surface area contributed by atoms with Gasteiger partial charge in [-0.2, -0.15) is 10.2 Å². The Kier molecular flexibility index (Phi) is 5.54. The second kappa shape index (κ2) is 9.23. The molecule has 5 aromatic rings. The van der Waals surface area contributed by atoms with Gasteiger partial charge in [0.15, 0.2) is 11.5 Å². The summed E-state index contributed by atoms with van der Waals surface area (Å²) in [5.41, 5.74) is 4.84. The average Bonchev–Trinajstić information content (AvgIpc) is 3.62. The van der Waals surface area contributed by atoms with Crippen molar-refractivity contribution in [3.05, 3.63) is 85.2 Å². The van der Waals surface area contributed by atoms with Crippen LogP contribution in [0.5, 0.6) is 11.5 Å². The molecule has 0 radical (unpaired) electrons. The first kappa shape index (κ1) is 23.4. The Hall–Kier alpha value is -4.73. The third kappa shape index (κ3) is 4.08. The molecule has 0 spiro atoms. The molecule has 10 heteroatoms. The Morgan fingerprint density at radius 1 is 1.08 bits per heavy atom. The largest absolute Gasteiger partial charge is 0.457 e. The highest BCUT2D eigenvalue weighted by molar-refractivity contribution is 5.87. The molecule has 3 fully saturated rings. The predicted octanol–water partition coefficient (Wildman–Crippen LogP) is 4.90. The Balaban J connectivity index is 1.15. The van der Waals surface area contributed by atoms with E-state index in [4.69, 9.17) is 4.74 Å². The van der Waals surface area contributed by atoms with Crippen molar-refractivity contribution >= 4 is 28.6 Å². The van der Waals surface area contributed by atoms with Gasteiger partial charge in [-0.25, -0.2) is 19.0 Å². The van der Waals surface area contributed by atoms with Gasteiger partial charge < -0.3 is 15.0 Å². The van der Waals surface area contributed by atoms with E-state index in [2.05, 4.69) is 38.1 Å². The molecule has 39 heavy (non-hydrogen) atoms. The van der Waals surface area contributed by atoms with Crippen LogP contribution in [0.15, 0.2) is 74.1 Å². The zero-order valence-corrected chi connectivity index (χ0v) is 21.6. The standard InChI is InChI=1S/C29H28N8O2/c1-3-27(38)35-15-19-4-6-21(35)13-24(19)23-9-11-37-28(23)29(31-17-33-37)34-20-5-7-25(18(2)12-20)39-22-8-10-36-26(14-22)30-16-32-36/h3,5,7-12,14,16-17,19,21,24H,1,4,6,13,15H2,2H3,(H,31,33,34)/t19?,21-,24+/m1/s1. The number of aryl methyl sites for hydroxylation is 1. The van der Waals surface area contributed by atoms with E-state index in [1.165, 1.54) is 18.0 Å². The van der Waals surface area contributed by atoms with Gasteiger partial charge in [-0.3, -0.25) is 4.79 Å². The highest BCUT2D eigenvalue weighted by Gasteiger charge is 2.43. The minimum atomic E-state index is 0.0393. The number of benzene rings is 1. The molecule has 1 aromatic carbocycles. The van der Waals surface area contributed by atoms with Crippen LogP contribution in [0.2, 0.25) is 0 Å². The van der Waals surface area contributed by atoms with E-state index < -0.39 is 0 Å². The van der Waals surface area contributed by atoms with Crippen molar-refractivity contribution in [3.8, 4) is 11.5 Å². The molecule has 10 nitrogen and oxygen atoms in total. The van der Waals surface area contributed by atoms with Crippen LogP contribution in [0.1, 0.15) is 36.3 Å². The number of carbonyl (C=O) groups is 1. The number of nitrogens with one attached hydrogen (secondary N) is 1. The molecule has 1 amide bonds. The Bertz CT molecular complexity index is 1720. The summed E-state index contributed by atoms with van der Waals surface area (Å²) in [7, 11) is 0. The summed E-state index contributed by atoms with van der Waals surface area (Å²) in [5.74, 6) is 3.03. The van der Waals surface area contributed by atoms with Crippen molar-refractivity contribution in [1.82, 2.24) is 34.1 Å². The Morgan fingerprint density at radius 3 is 2.74 bits per heavy atom. The number of piperidine rings is 2. The first-order chi connectivity index (χ1) is 19.1. The minimum absolute atomic E-state index is 0.0393. The van der Waals surface area contributed by atoms with Gasteiger partial charge in [0.2, 0.25) is 5.91 Å². The maximum Gasteiger partial charge on any atom is 0.246 e. The van der Waals surface area contributed by atoms with Crippen molar-refractivity contribution in [1.29, 1.82) is 0 Å². The van der Waals surface area contributed by atoms with E-state index in [1.807, 2.05) is 59.1 Å². The summed E-state index contributed by atoms with van der Waals surface area (Å²) >= 11 is 0. The molecular formula is C29H28N8O2. The Labute approximate surface area is 224 Å². The quantitative estimate of drug-likeness (QED) is 0.318. The van der Waals surface area contributed by atoms with Crippen molar-refractivity contribution in [2.45, 2.75) is 38.1 Å². The Morgan fingerprint density at radius 2 is 1.92 bits per heavy atom. The highest BCUT2D eigenvalue weighted by atomic mass is 16.5. The van der Waals surface area contributed by atoms with E-state index >= 15 is 0 Å². The molecule has 3 atom stereocenters. The molecule has 1 saturated carbocycles. The van der Waals surface area contributed by atoms with Crippen molar-refractivity contribution in [2.75, 3.05) is 11.9 Å². The molecule has 4 aromatic heterocycles. The van der Waals surface area contributed by atoms with Crippen LogP contribution in [-0.2, 0) is 4.79 Å². The fourth-order valence-electron chi connectivity index (χ4n) is 6.22. The normalized spacial score (nSPS) is 20.4. The molecule has 2 aliphatic heterocycles. The number of pyridine rings is 1.